The van der Waals surface area contributed by atoms with E-state index in [1.165, 1.54) is 31.8 Å². The van der Waals surface area contributed by atoms with Gasteiger partial charge in [0.05, 0.1) is 0 Å². The van der Waals surface area contributed by atoms with Gasteiger partial charge < -0.3 is 24.0 Å². The van der Waals surface area contributed by atoms with Gasteiger partial charge in [-0.1, -0.05) is 182 Å². The van der Waals surface area contributed by atoms with Gasteiger partial charge in [-0.25, -0.2) is 0 Å². The molecule has 56 heavy (non-hydrogen) atoms. The molecule has 1 aliphatic carbocycles. The van der Waals surface area contributed by atoms with Gasteiger partial charge in [0.25, 0.3) is 0 Å². The average molecular weight is 959 g/mol. The molecule has 1 saturated carbocycles. The molecule has 7 aromatic rings. The predicted molar refractivity (Wildman–Crippen MR) is 237 cm³/mol. The fraction of sp³-hybridized carbons (Fsp3) is 0.0196. The minimum absolute atomic E-state index is 0. The number of hydrogen-bond acceptors (Lipinski definition) is 1. The summed E-state index contributed by atoms with van der Waals surface area (Å²) in [6.45, 7) is 0. The van der Waals surface area contributed by atoms with Gasteiger partial charge in [0.2, 0.25) is 0 Å². The smallest absolute Gasteiger partial charge is 0.0134 e. The Kier molecular flexibility index (Phi) is 21.3. The Morgan fingerprint density at radius 1 is 0.375 bits per heavy atom. The molecule has 0 unspecified atom stereocenters. The summed E-state index contributed by atoms with van der Waals surface area (Å²) in [5.41, 5.74) is 2.01. The molecule has 0 amide bonds. The first kappa shape index (κ1) is 44.6. The molecule has 276 valence electrons. The molecule has 0 aromatic heterocycles. The minimum Gasteiger partial charge on any atom is -1.00 e. The van der Waals surface area contributed by atoms with Gasteiger partial charge in [-0.3, -0.25) is 0 Å². The molecule has 7 aromatic carbocycles. The summed E-state index contributed by atoms with van der Waals surface area (Å²) in [5, 5.41) is 16.9. The minimum atomic E-state index is -0.446. The Balaban J connectivity index is 0.000000178. The maximum atomic E-state index is 8.51. The number of hydrogen-bond donors (Lipinski definition) is 0. The van der Waals surface area contributed by atoms with Gasteiger partial charge in [-0.2, -0.15) is 0 Å². The molecule has 8 rings (SSSR count). The van der Waals surface area contributed by atoms with Crippen molar-refractivity contribution in [3.05, 3.63) is 250 Å². The van der Waals surface area contributed by atoms with Crippen LogP contribution in [0.5, 0.6) is 0 Å². The second-order valence-corrected chi connectivity index (χ2v) is 16.8. The van der Waals surface area contributed by atoms with E-state index in [1.807, 2.05) is 62.4 Å². The summed E-state index contributed by atoms with van der Waals surface area (Å²) in [6.07, 6.45) is 10.4. The maximum Gasteiger partial charge on any atom is -0.0134 e. The van der Waals surface area contributed by atoms with Crippen molar-refractivity contribution in [2.24, 2.45) is 0 Å². The summed E-state index contributed by atoms with van der Waals surface area (Å²) < 4.78 is 2.94. The Hall–Kier alpha value is -4.11. The van der Waals surface area contributed by atoms with Gasteiger partial charge in [-0.15, -0.1) is 0 Å². The number of allylic oxidation sites excluding steroid dienone is 1. The molecule has 0 N–H and O–H groups in total. The quantitative estimate of drug-likeness (QED) is 0.0931. The van der Waals surface area contributed by atoms with Crippen LogP contribution >= 0.6 is 15.8 Å². The molecule has 0 aliphatic heterocycles. The first-order chi connectivity index (χ1) is 27.3. The van der Waals surface area contributed by atoms with Crippen molar-refractivity contribution in [3.8, 4) is 6.07 Å². The zero-order chi connectivity index (χ0) is 38.2. The van der Waals surface area contributed by atoms with E-state index >= 15 is 0 Å². The number of benzene rings is 7. The molecule has 0 bridgehead atoms. The van der Waals surface area contributed by atoms with Gasteiger partial charge in [0.1, 0.15) is 0 Å². The topological polar surface area (TPSA) is 23.8 Å². The Morgan fingerprint density at radius 2 is 0.589 bits per heavy atom. The molecule has 0 saturated heterocycles. The molecular formula is C51H42INP2Ru. The van der Waals surface area contributed by atoms with Crippen LogP contribution in [0, 0.1) is 43.4 Å². The van der Waals surface area contributed by atoms with E-state index in [1.54, 1.807) is 0 Å². The number of halogens is 1. The van der Waals surface area contributed by atoms with Crippen LogP contribution in [0.3, 0.4) is 0 Å². The Bertz CT molecular complexity index is 1840. The SMILES string of the molecule is N#CCC(=[C]=[Ru+])c1ccccc1.[CH]1[CH][CH][CH][CH]1.[I-].c1ccc(P(c2ccccc2)c2ccccc2)cc1.c1ccc(P(c2ccccc2)c2ccccc2)cc1. The monoisotopic (exact) mass is 959 g/mol. The van der Waals surface area contributed by atoms with Crippen LogP contribution in [0.15, 0.2) is 212 Å². The molecule has 1 nitrogen and oxygen atoms in total. The first-order valence-electron chi connectivity index (χ1n) is 18.0. The summed E-state index contributed by atoms with van der Waals surface area (Å²) in [6, 6.07) is 76.6. The second-order valence-electron chi connectivity index (χ2n) is 11.9. The summed E-state index contributed by atoms with van der Waals surface area (Å²) in [4.78, 5) is 0. The van der Waals surface area contributed by atoms with E-state index in [0.29, 0.717) is 6.42 Å². The maximum absolute atomic E-state index is 8.51. The third kappa shape index (κ3) is 14.8. The summed E-state index contributed by atoms with van der Waals surface area (Å²) >= 11 is 2.31. The van der Waals surface area contributed by atoms with Crippen LogP contribution in [-0.2, 0) is 17.9 Å². The number of rotatable bonds is 8. The van der Waals surface area contributed by atoms with Crippen LogP contribution in [0.2, 0.25) is 0 Å². The van der Waals surface area contributed by atoms with Crippen LogP contribution in [0.1, 0.15) is 12.0 Å². The largest absolute Gasteiger partial charge is 1.00 e. The van der Waals surface area contributed by atoms with E-state index < -0.39 is 15.8 Å². The van der Waals surface area contributed by atoms with Crippen molar-refractivity contribution in [1.29, 1.82) is 5.26 Å². The molecule has 1 fully saturated rings. The van der Waals surface area contributed by atoms with E-state index in [9.17, 15) is 0 Å². The third-order valence-electron chi connectivity index (χ3n) is 8.13. The van der Waals surface area contributed by atoms with Gasteiger partial charge in [-0.05, 0) is 79.8 Å². The molecule has 0 atom stereocenters. The summed E-state index contributed by atoms with van der Waals surface area (Å²) in [5.74, 6) is 0. The van der Waals surface area contributed by atoms with Crippen molar-refractivity contribution >= 4 is 57.5 Å². The van der Waals surface area contributed by atoms with Crippen LogP contribution in [-0.4, -0.2) is 4.26 Å². The van der Waals surface area contributed by atoms with Crippen molar-refractivity contribution in [2.75, 3.05) is 0 Å². The van der Waals surface area contributed by atoms with Gasteiger partial charge in [0.15, 0.2) is 0 Å². The van der Waals surface area contributed by atoms with Crippen molar-refractivity contribution in [3.63, 3.8) is 0 Å². The van der Waals surface area contributed by atoms with Crippen molar-refractivity contribution < 1.29 is 41.8 Å². The Labute approximate surface area is 364 Å². The summed E-state index contributed by atoms with van der Waals surface area (Å²) in [7, 11) is -0.892. The van der Waals surface area contributed by atoms with Crippen molar-refractivity contribution in [1.82, 2.24) is 0 Å². The average Bonchev–Trinajstić information content (AvgIpc) is 3.87. The standard InChI is InChI=1S/2C18H15P.C10H7N.C5H5.HI.Ru/c2*1-4-10-16(11-5-1)19(17-12-6-2-7-13-17)18-14-8-3-9-15-18;1-9(7-8-11)10-5-3-2-4-6-10;1-2-4-5-3-1;;/h2*1-15H;2-6H,7H2;1-5H;1H;/q;;;;;+1/p-1. The molecule has 5 heteroatoms. The second kappa shape index (κ2) is 26.7. The predicted octanol–water partition coefficient (Wildman–Crippen LogP) is 6.85. The molecule has 0 spiro atoms. The molecule has 5 radical (unpaired) electrons. The van der Waals surface area contributed by atoms with E-state index in [0.717, 1.165) is 11.1 Å². The fourth-order valence-electron chi connectivity index (χ4n) is 5.58. The van der Waals surface area contributed by atoms with Gasteiger partial charge in [0, 0.05) is 0 Å². The fourth-order valence-corrected chi connectivity index (χ4v) is 10.6. The molecule has 0 heterocycles. The zero-order valence-corrected chi connectivity index (χ0v) is 36.6. The first-order valence-corrected chi connectivity index (χ1v) is 21.5. The van der Waals surface area contributed by atoms with Crippen LogP contribution < -0.4 is 55.8 Å². The van der Waals surface area contributed by atoms with E-state index in [4.69, 9.17) is 5.26 Å². The third-order valence-corrected chi connectivity index (χ3v) is 13.5. The van der Waals surface area contributed by atoms with Crippen LogP contribution in [0.25, 0.3) is 5.57 Å². The molecule has 1 aliphatic rings. The van der Waals surface area contributed by atoms with E-state index in [-0.39, 0.29) is 24.0 Å². The van der Waals surface area contributed by atoms with Crippen molar-refractivity contribution in [2.45, 2.75) is 6.42 Å². The zero-order valence-electron chi connectivity index (χ0n) is 30.9. The molecular weight excluding hydrogens is 916 g/mol. The number of nitriles is 1. The van der Waals surface area contributed by atoms with Gasteiger partial charge >= 0.3 is 81.3 Å². The van der Waals surface area contributed by atoms with E-state index in [2.05, 4.69) is 210 Å². The van der Waals surface area contributed by atoms with Crippen LogP contribution in [0.4, 0.5) is 0 Å². The number of nitrogens with zero attached hydrogens (tertiary/aromatic N) is 1. The normalized spacial score (nSPS) is 11.1. The Morgan fingerprint density at radius 3 is 0.786 bits per heavy atom.